The Hall–Kier alpha value is -1.02. The molecule has 0 radical (unpaired) electrons. The van der Waals surface area contributed by atoms with E-state index in [1.807, 2.05) is 0 Å². The van der Waals surface area contributed by atoms with Crippen LogP contribution in [0.15, 0.2) is 24.3 Å². The van der Waals surface area contributed by atoms with Gasteiger partial charge in [-0.15, -0.1) is 0 Å². The van der Waals surface area contributed by atoms with Crippen molar-refractivity contribution in [2.45, 2.75) is 46.7 Å². The third kappa shape index (κ3) is 4.39. The molecule has 2 nitrogen and oxygen atoms in total. The number of nitrogens with zero attached hydrogens (tertiary/aromatic N) is 1. The molecular formula is C15H26N2. The molecular weight excluding hydrogens is 208 g/mol. The molecule has 0 aliphatic heterocycles. The van der Waals surface area contributed by atoms with Gasteiger partial charge >= 0.3 is 0 Å². The van der Waals surface area contributed by atoms with Gasteiger partial charge in [-0.25, -0.2) is 0 Å². The minimum atomic E-state index is 0.564. The van der Waals surface area contributed by atoms with Gasteiger partial charge < -0.3 is 10.2 Å². The van der Waals surface area contributed by atoms with Crippen molar-refractivity contribution in [1.29, 1.82) is 0 Å². The number of benzene rings is 1. The first-order valence-corrected chi connectivity index (χ1v) is 6.75. The van der Waals surface area contributed by atoms with Crippen molar-refractivity contribution in [2.75, 3.05) is 18.0 Å². The van der Waals surface area contributed by atoms with E-state index in [0.717, 1.165) is 19.6 Å². The molecule has 1 aromatic carbocycles. The van der Waals surface area contributed by atoms with Crippen molar-refractivity contribution >= 4 is 5.69 Å². The molecule has 0 aliphatic carbocycles. The van der Waals surface area contributed by atoms with Crippen LogP contribution < -0.4 is 10.2 Å². The summed E-state index contributed by atoms with van der Waals surface area (Å²) >= 11 is 0. The fraction of sp³-hybridized carbons (Fsp3) is 0.600. The molecule has 0 unspecified atom stereocenters. The van der Waals surface area contributed by atoms with Crippen molar-refractivity contribution < 1.29 is 0 Å². The van der Waals surface area contributed by atoms with Crippen molar-refractivity contribution in [2.24, 2.45) is 0 Å². The molecule has 0 atom stereocenters. The van der Waals surface area contributed by atoms with Crippen LogP contribution in [0.2, 0.25) is 0 Å². The first-order valence-electron chi connectivity index (χ1n) is 6.75. The highest BCUT2D eigenvalue weighted by Crippen LogP contribution is 2.18. The highest BCUT2D eigenvalue weighted by atomic mass is 15.1. The zero-order chi connectivity index (χ0) is 12.7. The summed E-state index contributed by atoms with van der Waals surface area (Å²) in [5, 5.41) is 3.35. The second kappa shape index (κ2) is 7.33. The quantitative estimate of drug-likeness (QED) is 0.777. The average Bonchev–Trinajstić information content (AvgIpc) is 2.34. The molecule has 0 bridgehead atoms. The molecule has 0 aliphatic rings. The van der Waals surface area contributed by atoms with Gasteiger partial charge in [0, 0.05) is 24.8 Å². The molecule has 17 heavy (non-hydrogen) atoms. The predicted octanol–water partition coefficient (Wildman–Crippen LogP) is 3.42. The fourth-order valence-electron chi connectivity index (χ4n) is 2.00. The van der Waals surface area contributed by atoms with E-state index in [0.29, 0.717) is 6.04 Å². The number of nitrogens with one attached hydrogen (secondary N) is 1. The van der Waals surface area contributed by atoms with Crippen molar-refractivity contribution in [3.63, 3.8) is 0 Å². The molecule has 0 amide bonds. The van der Waals surface area contributed by atoms with Crippen LogP contribution >= 0.6 is 0 Å². The molecule has 0 aromatic heterocycles. The van der Waals surface area contributed by atoms with E-state index in [1.54, 1.807) is 0 Å². The standard InChI is InChI=1S/C15H26N2/c1-5-11-17(13(3)4)15-9-7-14(8-10-15)12-16-6-2/h7-10,13,16H,5-6,11-12H2,1-4H3. The van der Waals surface area contributed by atoms with Crippen LogP contribution in [0, 0.1) is 0 Å². The maximum Gasteiger partial charge on any atom is 0.0368 e. The fourth-order valence-corrected chi connectivity index (χ4v) is 2.00. The highest BCUT2D eigenvalue weighted by molar-refractivity contribution is 5.48. The smallest absolute Gasteiger partial charge is 0.0368 e. The number of rotatable bonds is 7. The van der Waals surface area contributed by atoms with Gasteiger partial charge in [-0.05, 0) is 44.5 Å². The van der Waals surface area contributed by atoms with Gasteiger partial charge in [0.25, 0.3) is 0 Å². The SMILES string of the molecule is CCCN(c1ccc(CNCC)cc1)C(C)C. The third-order valence-corrected chi connectivity index (χ3v) is 2.93. The summed E-state index contributed by atoms with van der Waals surface area (Å²) in [6.07, 6.45) is 1.19. The van der Waals surface area contributed by atoms with Crippen LogP contribution in [0.25, 0.3) is 0 Å². The lowest BCUT2D eigenvalue weighted by Crippen LogP contribution is -2.31. The zero-order valence-corrected chi connectivity index (χ0v) is 11.7. The molecule has 96 valence electrons. The highest BCUT2D eigenvalue weighted by Gasteiger charge is 2.08. The van der Waals surface area contributed by atoms with E-state index in [1.165, 1.54) is 17.7 Å². The van der Waals surface area contributed by atoms with Crippen LogP contribution in [0.5, 0.6) is 0 Å². The minimum Gasteiger partial charge on any atom is -0.369 e. The lowest BCUT2D eigenvalue weighted by atomic mass is 10.1. The molecule has 1 N–H and O–H groups in total. The summed E-state index contributed by atoms with van der Waals surface area (Å²) in [6.45, 7) is 12.0. The molecule has 0 fully saturated rings. The van der Waals surface area contributed by atoms with Gasteiger partial charge in [0.2, 0.25) is 0 Å². The molecule has 1 aromatic rings. The van der Waals surface area contributed by atoms with Gasteiger partial charge in [0.15, 0.2) is 0 Å². The van der Waals surface area contributed by atoms with E-state index in [-0.39, 0.29) is 0 Å². The van der Waals surface area contributed by atoms with Gasteiger partial charge in [-0.1, -0.05) is 26.0 Å². The normalized spacial score (nSPS) is 10.9. The number of anilines is 1. The second-order valence-electron chi connectivity index (χ2n) is 4.73. The Balaban J connectivity index is 2.70. The van der Waals surface area contributed by atoms with Gasteiger partial charge in [0.05, 0.1) is 0 Å². The van der Waals surface area contributed by atoms with E-state index in [4.69, 9.17) is 0 Å². The van der Waals surface area contributed by atoms with Crippen molar-refractivity contribution in [3.8, 4) is 0 Å². The third-order valence-electron chi connectivity index (χ3n) is 2.93. The zero-order valence-electron chi connectivity index (χ0n) is 11.7. The molecule has 2 heteroatoms. The van der Waals surface area contributed by atoms with E-state index in [2.05, 4.69) is 62.2 Å². The first-order chi connectivity index (χ1) is 8.19. The first kappa shape index (κ1) is 14.0. The van der Waals surface area contributed by atoms with Crippen molar-refractivity contribution in [1.82, 2.24) is 5.32 Å². The van der Waals surface area contributed by atoms with Crippen LogP contribution in [0.4, 0.5) is 5.69 Å². The lowest BCUT2D eigenvalue weighted by molar-refractivity contribution is 0.670. The Morgan fingerprint density at radius 3 is 2.24 bits per heavy atom. The molecule has 0 spiro atoms. The molecule has 1 rings (SSSR count). The Kier molecular flexibility index (Phi) is 6.06. The van der Waals surface area contributed by atoms with Crippen LogP contribution in [0.3, 0.4) is 0 Å². The second-order valence-corrected chi connectivity index (χ2v) is 4.73. The maximum atomic E-state index is 3.35. The van der Waals surface area contributed by atoms with Gasteiger partial charge in [-0.2, -0.15) is 0 Å². The van der Waals surface area contributed by atoms with Crippen LogP contribution in [-0.2, 0) is 6.54 Å². The van der Waals surface area contributed by atoms with E-state index in [9.17, 15) is 0 Å². The maximum absolute atomic E-state index is 3.35. The van der Waals surface area contributed by atoms with Crippen LogP contribution in [-0.4, -0.2) is 19.1 Å². The lowest BCUT2D eigenvalue weighted by Gasteiger charge is -2.28. The topological polar surface area (TPSA) is 15.3 Å². The monoisotopic (exact) mass is 234 g/mol. The minimum absolute atomic E-state index is 0.564. The summed E-state index contributed by atoms with van der Waals surface area (Å²) in [5.74, 6) is 0. The summed E-state index contributed by atoms with van der Waals surface area (Å²) in [7, 11) is 0. The Labute approximate surface area is 106 Å². The summed E-state index contributed by atoms with van der Waals surface area (Å²) in [6, 6.07) is 9.49. The van der Waals surface area contributed by atoms with Gasteiger partial charge in [0.1, 0.15) is 0 Å². The van der Waals surface area contributed by atoms with E-state index < -0.39 is 0 Å². The molecule has 0 saturated heterocycles. The Morgan fingerprint density at radius 2 is 1.76 bits per heavy atom. The molecule has 0 saturated carbocycles. The largest absolute Gasteiger partial charge is 0.369 e. The summed E-state index contributed by atoms with van der Waals surface area (Å²) in [5.41, 5.74) is 2.69. The van der Waals surface area contributed by atoms with Gasteiger partial charge in [-0.3, -0.25) is 0 Å². The molecule has 0 heterocycles. The van der Waals surface area contributed by atoms with E-state index >= 15 is 0 Å². The van der Waals surface area contributed by atoms with Crippen molar-refractivity contribution in [3.05, 3.63) is 29.8 Å². The Bertz CT molecular complexity index is 303. The Morgan fingerprint density at radius 1 is 1.12 bits per heavy atom. The predicted molar refractivity (Wildman–Crippen MR) is 76.6 cm³/mol. The number of hydrogen-bond acceptors (Lipinski definition) is 2. The number of hydrogen-bond donors (Lipinski definition) is 1. The van der Waals surface area contributed by atoms with Crippen LogP contribution in [0.1, 0.15) is 39.7 Å². The summed E-state index contributed by atoms with van der Waals surface area (Å²) in [4.78, 5) is 2.46. The summed E-state index contributed by atoms with van der Waals surface area (Å²) < 4.78 is 0. The average molecular weight is 234 g/mol.